The topological polar surface area (TPSA) is 256 Å². The van der Waals surface area contributed by atoms with Gasteiger partial charge in [-0.2, -0.15) is 15.3 Å². The first-order chi connectivity index (χ1) is 46.2. The third-order valence-corrected chi connectivity index (χ3v) is 15.6. The van der Waals surface area contributed by atoms with E-state index in [1.165, 1.54) is 18.9 Å². The Morgan fingerprint density at radius 2 is 0.916 bits per heavy atom. The van der Waals surface area contributed by atoms with Gasteiger partial charge in [0.05, 0.1) is 129 Å². The predicted molar refractivity (Wildman–Crippen MR) is 363 cm³/mol. The molecule has 95 heavy (non-hydrogen) atoms. The molecule has 1 fully saturated rings. The Morgan fingerprint density at radius 3 is 1.31 bits per heavy atom. The summed E-state index contributed by atoms with van der Waals surface area (Å²) < 4.78 is 46.6. The largest absolute Gasteiger partial charge is 0.497 e. The maximum atomic E-state index is 14.2. The fraction of sp³-hybridized carbons (Fsp3) is 0.257. The van der Waals surface area contributed by atoms with Crippen molar-refractivity contribution in [1.29, 1.82) is 0 Å². The normalized spacial score (nSPS) is 11.8. The highest BCUT2D eigenvalue weighted by Crippen LogP contribution is 2.39. The molecule has 3 N–H and O–H groups in total. The van der Waals surface area contributed by atoms with Crippen LogP contribution in [0.1, 0.15) is 19.3 Å². The Balaban J connectivity index is 0.000000145. The van der Waals surface area contributed by atoms with Gasteiger partial charge in [0, 0.05) is 165 Å². The van der Waals surface area contributed by atoms with Crippen LogP contribution >= 0.6 is 0 Å². The summed E-state index contributed by atoms with van der Waals surface area (Å²) in [6.45, 7) is 2.72. The number of aliphatic carboxylic acids is 1. The lowest BCUT2D eigenvalue weighted by atomic mass is 10.1. The molecule has 1 saturated carbocycles. The second kappa shape index (κ2) is 30.0. The van der Waals surface area contributed by atoms with E-state index in [9.17, 15) is 14.3 Å². The first kappa shape index (κ1) is 65.2. The van der Waals surface area contributed by atoms with Gasteiger partial charge in [0.25, 0.3) is 0 Å². The summed E-state index contributed by atoms with van der Waals surface area (Å²) in [5.41, 5.74) is 14.8. The van der Waals surface area contributed by atoms with E-state index in [1.807, 2.05) is 137 Å². The van der Waals surface area contributed by atoms with Crippen LogP contribution in [0.15, 0.2) is 165 Å². The molecule has 6 heterocycles. The van der Waals surface area contributed by atoms with Crippen molar-refractivity contribution in [3.63, 3.8) is 0 Å². The average Bonchev–Trinajstić information content (AvgIpc) is 1.27. The van der Waals surface area contributed by atoms with E-state index in [1.54, 1.807) is 97.9 Å². The summed E-state index contributed by atoms with van der Waals surface area (Å²) in [5.74, 6) is 2.45. The number of hydrogen-bond donors (Lipinski definition) is 3. The zero-order valence-corrected chi connectivity index (χ0v) is 54.0. The van der Waals surface area contributed by atoms with E-state index in [0.717, 1.165) is 103 Å². The minimum absolute atomic E-state index is 0.0427. The first-order valence-electron chi connectivity index (χ1n) is 30.6. The van der Waals surface area contributed by atoms with Crippen molar-refractivity contribution >= 4 is 73.2 Å². The second-order valence-corrected chi connectivity index (χ2v) is 22.5. The highest BCUT2D eigenvalue weighted by Gasteiger charge is 2.27. The van der Waals surface area contributed by atoms with Crippen molar-refractivity contribution in [3.05, 3.63) is 171 Å². The number of aromatic nitrogens is 12. The molecule has 12 aromatic rings. The van der Waals surface area contributed by atoms with Crippen molar-refractivity contribution in [3.8, 4) is 62.5 Å². The molecule has 25 heteroatoms. The number of aliphatic hydroxyl groups is 1. The molecule has 1 aliphatic rings. The van der Waals surface area contributed by atoms with Crippen LogP contribution in [0.25, 0.3) is 66.9 Å². The van der Waals surface area contributed by atoms with Crippen LogP contribution in [-0.4, -0.2) is 150 Å². The number of carbonyl (C=O) groups is 1. The van der Waals surface area contributed by atoms with Crippen molar-refractivity contribution in [1.82, 2.24) is 64.6 Å². The summed E-state index contributed by atoms with van der Waals surface area (Å²) in [5, 5.41) is 34.3. The molecule has 6 aromatic heterocycles. The average molecular weight is 1290 g/mol. The fourth-order valence-electron chi connectivity index (χ4n) is 10.6. The molecule has 0 bridgehead atoms. The van der Waals surface area contributed by atoms with E-state index in [4.69, 9.17) is 43.7 Å². The van der Waals surface area contributed by atoms with Crippen LogP contribution in [0.4, 0.5) is 38.5 Å². The number of rotatable bonds is 24. The lowest BCUT2D eigenvalue weighted by molar-refractivity contribution is -0.136. The fourth-order valence-corrected chi connectivity index (χ4v) is 10.6. The first-order valence-corrected chi connectivity index (χ1v) is 30.6. The number of hydrogen-bond acceptors (Lipinski definition) is 20. The maximum Gasteiger partial charge on any atom is 0.305 e. The number of anilines is 6. The number of benzene rings is 6. The smallest absolute Gasteiger partial charge is 0.305 e. The number of carboxylic acids is 1. The molecule has 24 nitrogen and oxygen atoms in total. The molecule has 0 atom stereocenters. The summed E-state index contributed by atoms with van der Waals surface area (Å²) >= 11 is 0. The molecule has 0 aliphatic heterocycles. The molecule has 6 aromatic carbocycles. The Kier molecular flexibility index (Phi) is 20.6. The number of likely N-dealkylation sites (N-methyl/N-ethyl adjacent to an activating group) is 1. The van der Waals surface area contributed by atoms with Crippen LogP contribution in [0.5, 0.6) is 28.7 Å². The van der Waals surface area contributed by atoms with Crippen LogP contribution in [0.2, 0.25) is 0 Å². The number of nitrogens with zero attached hydrogens (tertiary/aromatic N) is 15. The second-order valence-electron chi connectivity index (χ2n) is 22.5. The predicted octanol–water partition coefficient (Wildman–Crippen LogP) is 11.2. The van der Waals surface area contributed by atoms with E-state index in [-0.39, 0.29) is 32.0 Å². The summed E-state index contributed by atoms with van der Waals surface area (Å²) in [6.07, 6.45) is 18.6. The molecule has 0 saturated heterocycles. The highest BCUT2D eigenvalue weighted by molar-refractivity contribution is 5.86. The Labute approximate surface area is 547 Å². The number of carboxylic acid groups (broad SMARTS) is 1. The van der Waals surface area contributed by atoms with Gasteiger partial charge >= 0.3 is 5.97 Å². The van der Waals surface area contributed by atoms with Gasteiger partial charge in [-0.15, -0.1) is 0 Å². The van der Waals surface area contributed by atoms with Gasteiger partial charge < -0.3 is 53.9 Å². The Bertz CT molecular complexity index is 4610. The van der Waals surface area contributed by atoms with E-state index < -0.39 is 5.97 Å². The zero-order chi connectivity index (χ0) is 66.5. The molecule has 488 valence electrons. The number of aryl methyl sites for hydroxylation is 3. The Morgan fingerprint density at radius 1 is 0.516 bits per heavy atom. The third kappa shape index (κ3) is 16.3. The number of halogens is 1. The lowest BCUT2D eigenvalue weighted by Crippen LogP contribution is -2.27. The van der Waals surface area contributed by atoms with Crippen LogP contribution in [0.3, 0.4) is 0 Å². The Hall–Kier alpha value is -11.3. The lowest BCUT2D eigenvalue weighted by Gasteiger charge is -2.26. The minimum Gasteiger partial charge on any atom is -0.497 e. The molecule has 1 aliphatic carbocycles. The molecule has 13 rings (SSSR count). The SMILES string of the molecule is CNCCN(c1cc(OC)cc(OCCO)c1)c1ccc2ncc(-c3cnn(C)c3)nc2c1.COc1cc(F)cc(N(CC2CC2)c2ccc3ncc(-c4cnn(C)c4)nc3c2)c1.COc1cc(OC)cc(N(CCC(=O)O)c2ccc3ncc(-c4cnn(C)c4)nc3c2)c1. The summed E-state index contributed by atoms with van der Waals surface area (Å²) in [4.78, 5) is 45.6. The summed E-state index contributed by atoms with van der Waals surface area (Å²) in [7, 11) is 13.8. The van der Waals surface area contributed by atoms with Gasteiger partial charge in [0.1, 0.15) is 41.2 Å². The van der Waals surface area contributed by atoms with Crippen molar-refractivity contribution < 1.29 is 43.1 Å². The van der Waals surface area contributed by atoms with Crippen LogP contribution in [0, 0.1) is 11.7 Å². The van der Waals surface area contributed by atoms with E-state index in [0.29, 0.717) is 52.4 Å². The molecular formula is C70H73FN16O8. The zero-order valence-electron chi connectivity index (χ0n) is 54.0. The number of methoxy groups -OCH3 is 4. The number of ether oxygens (including phenoxy) is 5. The quantitative estimate of drug-likeness (QED) is 0.0508. The third-order valence-electron chi connectivity index (χ3n) is 15.6. The number of aliphatic hydroxyl groups excluding tert-OH is 1. The van der Waals surface area contributed by atoms with E-state index >= 15 is 0 Å². The van der Waals surface area contributed by atoms with Crippen LogP contribution in [-0.2, 0) is 25.9 Å². The van der Waals surface area contributed by atoms with Gasteiger partial charge in [-0.25, -0.2) is 19.3 Å². The van der Waals surface area contributed by atoms with Gasteiger partial charge in [0.2, 0.25) is 0 Å². The van der Waals surface area contributed by atoms with Gasteiger partial charge in [0.15, 0.2) is 0 Å². The maximum absolute atomic E-state index is 14.2. The van der Waals surface area contributed by atoms with Crippen molar-refractivity contribution in [2.45, 2.75) is 19.3 Å². The van der Waals surface area contributed by atoms with Gasteiger partial charge in [-0.05, 0) is 86.5 Å². The van der Waals surface area contributed by atoms with Crippen LogP contribution < -0.4 is 43.7 Å². The molecule has 0 amide bonds. The molecule has 0 unspecified atom stereocenters. The van der Waals surface area contributed by atoms with E-state index in [2.05, 4.69) is 45.4 Å². The number of nitrogens with one attached hydrogen (secondary N) is 1. The van der Waals surface area contributed by atoms with Gasteiger partial charge in [-0.1, -0.05) is 0 Å². The summed E-state index contributed by atoms with van der Waals surface area (Å²) in [6, 6.07) is 33.7. The highest BCUT2D eigenvalue weighted by atomic mass is 19.1. The minimum atomic E-state index is -0.885. The van der Waals surface area contributed by atoms with Crippen molar-refractivity contribution in [2.24, 2.45) is 27.1 Å². The monoisotopic (exact) mass is 1280 g/mol. The van der Waals surface area contributed by atoms with Crippen molar-refractivity contribution in [2.75, 3.05) is 89.6 Å². The number of fused-ring (bicyclic) bond motifs is 3. The molecular weight excluding hydrogens is 1210 g/mol. The van der Waals surface area contributed by atoms with Gasteiger partial charge in [-0.3, -0.25) is 33.8 Å². The standard InChI is InChI=1S/C24H28N6O3.C23H22FN5O.C23H23N5O4/c1-25-6-7-30(19-10-20(32-3)13-21(11-19)33-9-8-31)18-4-5-22-23(12-18)28-24(15-26-22)17-14-27-29(2)16-17;1-28-14-16(11-26-28)23-12-25-21-6-5-18(10-22(21)27-23)29(13-15-3-4-15)19-7-17(24)8-20(9-19)30-2;1-27-14-15(12-25-27)22-13-24-20-5-4-16(10-21(20)26-22)28(7-6-23(29)30)17-8-18(31-2)11-19(9-17)32-3/h4-5,10-16,25,31H,6-9H2,1-3H3;5-12,14-15H,3-4,13H2,1-2H3;4-5,8-14H,6-7H2,1-3H3,(H,29,30). The molecule has 0 radical (unpaired) electrons. The molecule has 0 spiro atoms.